The van der Waals surface area contributed by atoms with Gasteiger partial charge < -0.3 is 4.57 Å². The first kappa shape index (κ1) is 27.8. The van der Waals surface area contributed by atoms with Crippen LogP contribution in [0.25, 0.3) is 0 Å². The maximum atomic E-state index is 13.7. The van der Waals surface area contributed by atoms with Gasteiger partial charge in [0.05, 0.1) is 16.7 Å². The van der Waals surface area contributed by atoms with Gasteiger partial charge in [-0.25, -0.2) is 0 Å². The van der Waals surface area contributed by atoms with Gasteiger partial charge in [-0.05, 0) is 48.1 Å². The zero-order valence-corrected chi connectivity index (χ0v) is 20.4. The highest BCUT2D eigenvalue weighted by Crippen LogP contribution is 2.55. The van der Waals surface area contributed by atoms with Crippen LogP contribution in [0.1, 0.15) is 76.2 Å². The normalized spacial score (nSPS) is 14.6. The Kier molecular flexibility index (Phi) is 7.36. The molecule has 0 amide bonds. The molecule has 0 saturated heterocycles. The summed E-state index contributed by atoms with van der Waals surface area (Å²) in [6.45, 7) is 9.91. The summed E-state index contributed by atoms with van der Waals surface area (Å²) in [6, 6.07) is 4.40. The molecule has 0 fully saturated rings. The Morgan fingerprint density at radius 1 is 0.794 bits per heavy atom. The topological polar surface area (TPSA) is 51.2 Å². The van der Waals surface area contributed by atoms with E-state index in [0.29, 0.717) is 29.3 Å². The van der Waals surface area contributed by atoms with E-state index in [0.717, 1.165) is 12.5 Å². The molecule has 0 spiro atoms. The monoisotopic (exact) mass is 506 g/mol. The summed E-state index contributed by atoms with van der Waals surface area (Å²) in [5.74, 6) is 0. The van der Waals surface area contributed by atoms with Gasteiger partial charge in [0.15, 0.2) is 0 Å². The minimum absolute atomic E-state index is 0.135. The average Bonchev–Trinajstić information content (AvgIpc) is 2.69. The lowest BCUT2D eigenvalue weighted by Crippen LogP contribution is -2.23. The molecule has 0 aliphatic rings. The van der Waals surface area contributed by atoms with Gasteiger partial charge in [0, 0.05) is 11.7 Å². The number of alkyl halides is 6. The Balaban J connectivity index is 2.81. The molecule has 0 heterocycles. The van der Waals surface area contributed by atoms with E-state index in [1.165, 1.54) is 13.8 Å². The van der Waals surface area contributed by atoms with Gasteiger partial charge in [-0.3, -0.25) is 9.59 Å². The first-order valence-corrected chi connectivity index (χ1v) is 12.2. The fourth-order valence-electron chi connectivity index (χ4n) is 3.73. The maximum Gasteiger partial charge on any atom is 0.417 e. The average molecular weight is 506 g/mol. The number of carbonyl (C=O) groups is 2. The number of rotatable bonds is 5. The number of aryl methyl sites for hydroxylation is 2. The smallest absolute Gasteiger partial charge is 0.307 e. The Bertz CT molecular complexity index is 1130. The van der Waals surface area contributed by atoms with Gasteiger partial charge in [-0.2, -0.15) is 26.3 Å². The molecule has 3 nitrogen and oxygen atoms in total. The van der Waals surface area contributed by atoms with Crippen molar-refractivity contribution in [3.05, 3.63) is 69.3 Å². The molecule has 0 aliphatic carbocycles. The lowest BCUT2D eigenvalue weighted by molar-refractivity contribution is -0.143. The van der Waals surface area contributed by atoms with Crippen LogP contribution < -0.4 is 0 Å². The van der Waals surface area contributed by atoms with E-state index in [1.807, 2.05) is 20.8 Å². The number of carbonyl (C=O) groups excluding carboxylic acids is 2. The number of benzene rings is 2. The first-order chi connectivity index (χ1) is 15.3. The van der Waals surface area contributed by atoms with Crippen molar-refractivity contribution in [2.24, 2.45) is 0 Å². The molecule has 2 rings (SSSR count). The van der Waals surface area contributed by atoms with E-state index >= 15 is 0 Å². The minimum Gasteiger partial charge on any atom is -0.307 e. The Hall–Kier alpha value is -2.41. The van der Waals surface area contributed by atoms with Gasteiger partial charge in [-0.1, -0.05) is 45.9 Å². The van der Waals surface area contributed by atoms with E-state index in [-0.39, 0.29) is 11.0 Å². The molecule has 0 N–H and O–H groups in total. The van der Waals surface area contributed by atoms with Crippen LogP contribution in [-0.2, 0) is 22.3 Å². The van der Waals surface area contributed by atoms with Crippen LogP contribution in [0, 0.1) is 13.8 Å². The SMILES string of the molecule is CCP(=O)(C(=O)c1c(C)cc(C(C)(C)C)cc1C)C(=O)c1c(C(F)(F)F)cccc1C(F)(F)F. The van der Waals surface area contributed by atoms with Crippen molar-refractivity contribution in [3.8, 4) is 0 Å². The second-order valence-corrected chi connectivity index (χ2v) is 12.0. The molecular formula is C24H25F6O3P. The highest BCUT2D eigenvalue weighted by molar-refractivity contribution is 7.95. The van der Waals surface area contributed by atoms with Gasteiger partial charge >= 0.3 is 12.4 Å². The zero-order valence-electron chi connectivity index (χ0n) is 19.5. The molecule has 0 saturated carbocycles. The molecule has 1 atom stereocenters. The highest BCUT2D eigenvalue weighted by atomic mass is 31.2. The van der Waals surface area contributed by atoms with Gasteiger partial charge in [0.25, 0.3) is 0 Å². The summed E-state index contributed by atoms with van der Waals surface area (Å²) < 4.78 is 95.2. The third-order valence-corrected chi connectivity index (χ3v) is 8.25. The Morgan fingerprint density at radius 2 is 1.18 bits per heavy atom. The first-order valence-electron chi connectivity index (χ1n) is 10.3. The summed E-state index contributed by atoms with van der Waals surface area (Å²) in [6.07, 6.45) is -11.4. The summed E-state index contributed by atoms with van der Waals surface area (Å²) in [5.41, 5.74) is -7.73. The lowest BCUT2D eigenvalue weighted by atomic mass is 9.84. The van der Waals surface area contributed by atoms with Crippen molar-refractivity contribution in [1.29, 1.82) is 0 Å². The number of halogens is 6. The summed E-state index contributed by atoms with van der Waals surface area (Å²) in [4.78, 5) is 26.6. The predicted molar refractivity (Wildman–Crippen MR) is 118 cm³/mol. The summed E-state index contributed by atoms with van der Waals surface area (Å²) in [5, 5.41) is 0. The second kappa shape index (κ2) is 8.99. The van der Waals surface area contributed by atoms with Crippen molar-refractivity contribution < 1.29 is 40.5 Å². The predicted octanol–water partition coefficient (Wildman–Crippen LogP) is 8.00. The van der Waals surface area contributed by atoms with Crippen LogP contribution in [0.4, 0.5) is 26.3 Å². The van der Waals surface area contributed by atoms with Crippen molar-refractivity contribution >= 4 is 18.2 Å². The molecule has 0 bridgehead atoms. The summed E-state index contributed by atoms with van der Waals surface area (Å²) in [7, 11) is -4.91. The van der Waals surface area contributed by atoms with Crippen molar-refractivity contribution in [2.75, 3.05) is 6.16 Å². The minimum atomic E-state index is -5.34. The Labute approximate surface area is 193 Å². The van der Waals surface area contributed by atoms with E-state index in [9.17, 15) is 40.5 Å². The molecule has 0 aromatic heterocycles. The quantitative estimate of drug-likeness (QED) is 0.305. The van der Waals surface area contributed by atoms with Gasteiger partial charge in [0.1, 0.15) is 0 Å². The third kappa shape index (κ3) is 5.14. The van der Waals surface area contributed by atoms with Crippen LogP contribution in [-0.4, -0.2) is 17.2 Å². The summed E-state index contributed by atoms with van der Waals surface area (Å²) >= 11 is 0. The highest BCUT2D eigenvalue weighted by Gasteiger charge is 2.49. The largest absolute Gasteiger partial charge is 0.417 e. The molecule has 10 heteroatoms. The van der Waals surface area contributed by atoms with Crippen LogP contribution in [0.15, 0.2) is 30.3 Å². The molecule has 1 unspecified atom stereocenters. The molecular weight excluding hydrogens is 481 g/mol. The van der Waals surface area contributed by atoms with E-state index in [1.54, 1.807) is 12.1 Å². The number of hydrogen-bond acceptors (Lipinski definition) is 3. The van der Waals surface area contributed by atoms with E-state index < -0.39 is 53.4 Å². The molecule has 2 aromatic rings. The molecule has 0 radical (unpaired) electrons. The fraction of sp³-hybridized carbons (Fsp3) is 0.417. The molecule has 0 aliphatic heterocycles. The molecule has 34 heavy (non-hydrogen) atoms. The zero-order chi connectivity index (χ0) is 26.4. The van der Waals surface area contributed by atoms with Crippen LogP contribution >= 0.6 is 7.14 Å². The standard InChI is InChI=1S/C24H25F6O3P/c1-7-34(33,20(31)18-13(2)11-15(12-14(18)3)22(4,5)6)21(32)19-16(23(25,26)27)9-8-10-17(19)24(28,29)30/h8-12H,7H2,1-6H3. The van der Waals surface area contributed by atoms with E-state index in [4.69, 9.17) is 0 Å². The molecule has 186 valence electrons. The van der Waals surface area contributed by atoms with Crippen LogP contribution in [0.2, 0.25) is 0 Å². The van der Waals surface area contributed by atoms with Gasteiger partial charge in [0.2, 0.25) is 18.2 Å². The van der Waals surface area contributed by atoms with Crippen molar-refractivity contribution in [1.82, 2.24) is 0 Å². The Morgan fingerprint density at radius 3 is 1.50 bits per heavy atom. The maximum absolute atomic E-state index is 13.7. The van der Waals surface area contributed by atoms with E-state index in [2.05, 4.69) is 0 Å². The van der Waals surface area contributed by atoms with Crippen LogP contribution in [0.3, 0.4) is 0 Å². The van der Waals surface area contributed by atoms with Crippen molar-refractivity contribution in [2.45, 2.75) is 59.3 Å². The van der Waals surface area contributed by atoms with Gasteiger partial charge in [-0.15, -0.1) is 0 Å². The second-order valence-electron chi connectivity index (χ2n) is 9.12. The lowest BCUT2D eigenvalue weighted by Gasteiger charge is -2.24. The fourth-order valence-corrected chi connectivity index (χ4v) is 5.80. The molecule has 2 aromatic carbocycles. The van der Waals surface area contributed by atoms with Crippen LogP contribution in [0.5, 0.6) is 0 Å². The third-order valence-electron chi connectivity index (χ3n) is 5.60. The number of hydrogen-bond donors (Lipinski definition) is 0. The van der Waals surface area contributed by atoms with Crippen molar-refractivity contribution in [3.63, 3.8) is 0 Å².